The van der Waals surface area contributed by atoms with Crippen molar-refractivity contribution in [2.45, 2.75) is 42.4 Å². The number of hydrogen-bond acceptors (Lipinski definition) is 1. The van der Waals surface area contributed by atoms with Crippen molar-refractivity contribution in [2.24, 2.45) is 5.41 Å². The lowest BCUT2D eigenvalue weighted by atomic mass is 9.94. The van der Waals surface area contributed by atoms with Crippen LogP contribution in [0.5, 0.6) is 0 Å². The Kier molecular flexibility index (Phi) is 3.29. The zero-order valence-corrected chi connectivity index (χ0v) is 14.6. The third-order valence-electron chi connectivity index (χ3n) is 4.52. The molecular weight excluding hydrogens is 389 g/mol. The number of carbonyl (C=O) groups excluding carboxylic acids is 1. The van der Waals surface area contributed by atoms with Gasteiger partial charge in [-0.15, -0.1) is 0 Å². The molecule has 0 aromatic heterocycles. The fourth-order valence-corrected chi connectivity index (χ4v) is 4.39. The number of alkyl halides is 2. The first kappa shape index (κ1) is 14.5. The normalized spacial score (nSPS) is 30.9. The molecular formula is C15H16Br2FNO. The minimum Gasteiger partial charge on any atom is -0.309 e. The topological polar surface area (TPSA) is 20.3 Å². The summed E-state index contributed by atoms with van der Waals surface area (Å²) >= 11 is 7.11. The highest BCUT2D eigenvalue weighted by atomic mass is 79.9. The summed E-state index contributed by atoms with van der Waals surface area (Å²) < 4.78 is 13.1. The average Bonchev–Trinajstić information content (AvgIpc) is 2.89. The maximum atomic E-state index is 13.4. The summed E-state index contributed by atoms with van der Waals surface area (Å²) in [7, 11) is 0. The minimum atomic E-state index is -0.440. The number of aryl methyl sites for hydroxylation is 1. The van der Waals surface area contributed by atoms with Crippen LogP contribution in [0.3, 0.4) is 0 Å². The molecule has 1 aromatic rings. The lowest BCUT2D eigenvalue weighted by Crippen LogP contribution is -2.46. The number of rotatable bonds is 1. The maximum Gasteiger partial charge on any atom is 0.235 e. The quantitative estimate of drug-likeness (QED) is 0.635. The molecule has 0 radical (unpaired) electrons. The van der Waals surface area contributed by atoms with E-state index in [4.69, 9.17) is 0 Å². The molecule has 20 heavy (non-hydrogen) atoms. The smallest absolute Gasteiger partial charge is 0.235 e. The highest BCUT2D eigenvalue weighted by Gasteiger charge is 2.68. The number of anilines is 1. The Morgan fingerprint density at radius 2 is 2.10 bits per heavy atom. The maximum absolute atomic E-state index is 13.4. The molecule has 2 nitrogen and oxygen atoms in total. The van der Waals surface area contributed by atoms with Gasteiger partial charge in [0.05, 0.1) is 8.65 Å². The van der Waals surface area contributed by atoms with Crippen molar-refractivity contribution in [2.75, 3.05) is 4.90 Å². The van der Waals surface area contributed by atoms with E-state index < -0.39 is 5.41 Å². The first-order valence-corrected chi connectivity index (χ1v) is 8.35. The number of carbonyl (C=O) groups is 1. The van der Waals surface area contributed by atoms with Gasteiger partial charge >= 0.3 is 0 Å². The van der Waals surface area contributed by atoms with Crippen molar-refractivity contribution in [3.63, 3.8) is 0 Å². The van der Waals surface area contributed by atoms with E-state index in [0.29, 0.717) is 0 Å². The van der Waals surface area contributed by atoms with Gasteiger partial charge in [0.25, 0.3) is 0 Å². The lowest BCUT2D eigenvalue weighted by Gasteiger charge is -2.37. The first-order valence-electron chi connectivity index (χ1n) is 6.76. The summed E-state index contributed by atoms with van der Waals surface area (Å²) in [4.78, 5) is 14.8. The predicted octanol–water partition coefficient (Wildman–Crippen LogP) is 4.39. The van der Waals surface area contributed by atoms with E-state index in [-0.39, 0.29) is 21.0 Å². The van der Waals surface area contributed by atoms with Crippen LogP contribution in [0.25, 0.3) is 0 Å². The first-order chi connectivity index (χ1) is 9.26. The van der Waals surface area contributed by atoms with E-state index in [1.54, 1.807) is 12.1 Å². The number of hydrogen-bond donors (Lipinski definition) is 0. The average molecular weight is 405 g/mol. The van der Waals surface area contributed by atoms with Crippen molar-refractivity contribution >= 4 is 43.5 Å². The molecule has 0 saturated heterocycles. The minimum absolute atomic E-state index is 0.103. The standard InChI is InChI=1S/C15H16Br2FNO/c1-9-3-4-10-7-11(18)5-6-12(10)19(9)13(20)14(2)8-15(14,16)17/h5-7,9H,3-4,8H2,1-2H3. The summed E-state index contributed by atoms with van der Waals surface area (Å²) in [6.07, 6.45) is 2.46. The van der Waals surface area contributed by atoms with E-state index in [0.717, 1.165) is 30.5 Å². The Morgan fingerprint density at radius 1 is 1.45 bits per heavy atom. The van der Waals surface area contributed by atoms with Gasteiger partial charge in [-0.3, -0.25) is 4.79 Å². The van der Waals surface area contributed by atoms with Gasteiger partial charge in [0.2, 0.25) is 5.91 Å². The van der Waals surface area contributed by atoms with Crippen molar-refractivity contribution in [1.82, 2.24) is 0 Å². The predicted molar refractivity (Wildman–Crippen MR) is 85.0 cm³/mol. The van der Waals surface area contributed by atoms with Crippen LogP contribution in [-0.2, 0) is 11.2 Å². The largest absolute Gasteiger partial charge is 0.309 e. The molecule has 0 N–H and O–H groups in total. The Morgan fingerprint density at radius 3 is 2.70 bits per heavy atom. The van der Waals surface area contributed by atoms with E-state index in [2.05, 4.69) is 38.8 Å². The van der Waals surface area contributed by atoms with Crippen LogP contribution in [0.4, 0.5) is 10.1 Å². The number of fused-ring (bicyclic) bond motifs is 1. The van der Waals surface area contributed by atoms with Crippen molar-refractivity contribution < 1.29 is 9.18 Å². The summed E-state index contributed by atoms with van der Waals surface area (Å²) in [6.45, 7) is 4.02. The second-order valence-corrected chi connectivity index (χ2v) is 9.82. The molecule has 0 spiro atoms. The lowest BCUT2D eigenvalue weighted by molar-refractivity contribution is -0.123. The second-order valence-electron chi connectivity index (χ2n) is 6.05. The monoisotopic (exact) mass is 403 g/mol. The molecule has 1 aliphatic carbocycles. The molecule has 5 heteroatoms. The number of halogens is 3. The molecule has 1 fully saturated rings. The molecule has 1 amide bonds. The molecule has 1 saturated carbocycles. The van der Waals surface area contributed by atoms with Crippen LogP contribution in [0.2, 0.25) is 0 Å². The Hall–Kier alpha value is -0.420. The fourth-order valence-electron chi connectivity index (χ4n) is 2.93. The van der Waals surface area contributed by atoms with Gasteiger partial charge < -0.3 is 4.90 Å². The van der Waals surface area contributed by atoms with Crippen LogP contribution in [-0.4, -0.2) is 15.2 Å². The zero-order chi connectivity index (χ0) is 14.7. The molecule has 3 rings (SSSR count). The van der Waals surface area contributed by atoms with Gasteiger partial charge in [-0.1, -0.05) is 31.9 Å². The third-order valence-corrected chi connectivity index (χ3v) is 6.83. The molecule has 1 heterocycles. The van der Waals surface area contributed by atoms with Gasteiger partial charge in [0, 0.05) is 11.7 Å². The molecule has 1 aromatic carbocycles. The van der Waals surface area contributed by atoms with E-state index in [9.17, 15) is 9.18 Å². The Balaban J connectivity index is 2.00. The third kappa shape index (κ3) is 2.05. The highest BCUT2D eigenvalue weighted by molar-refractivity contribution is 9.25. The molecule has 2 unspecified atom stereocenters. The zero-order valence-electron chi connectivity index (χ0n) is 11.4. The van der Waals surface area contributed by atoms with Crippen LogP contribution in [0, 0.1) is 11.2 Å². The van der Waals surface area contributed by atoms with Gasteiger partial charge in [-0.05, 0) is 56.9 Å². The van der Waals surface area contributed by atoms with Crippen molar-refractivity contribution in [1.29, 1.82) is 0 Å². The molecule has 1 aliphatic heterocycles. The Bertz CT molecular complexity index is 589. The van der Waals surface area contributed by atoms with Gasteiger partial charge in [0.1, 0.15) is 5.82 Å². The van der Waals surface area contributed by atoms with Gasteiger partial charge in [-0.2, -0.15) is 0 Å². The Labute approximate surface area is 135 Å². The molecule has 2 aliphatic rings. The molecule has 108 valence electrons. The second kappa shape index (κ2) is 4.54. The van der Waals surface area contributed by atoms with Crippen LogP contribution < -0.4 is 4.90 Å². The number of benzene rings is 1. The van der Waals surface area contributed by atoms with E-state index >= 15 is 0 Å². The van der Waals surface area contributed by atoms with E-state index in [1.165, 1.54) is 6.07 Å². The summed E-state index contributed by atoms with van der Waals surface area (Å²) in [5, 5.41) is 0. The van der Waals surface area contributed by atoms with E-state index in [1.807, 2.05) is 11.8 Å². The number of nitrogens with zero attached hydrogens (tertiary/aromatic N) is 1. The molecule has 2 atom stereocenters. The molecule has 0 bridgehead atoms. The fraction of sp³-hybridized carbons (Fsp3) is 0.533. The highest BCUT2D eigenvalue weighted by Crippen LogP contribution is 2.67. The summed E-state index contributed by atoms with van der Waals surface area (Å²) in [6, 6.07) is 4.86. The van der Waals surface area contributed by atoms with Gasteiger partial charge in [-0.25, -0.2) is 4.39 Å². The van der Waals surface area contributed by atoms with Crippen LogP contribution in [0.15, 0.2) is 18.2 Å². The van der Waals surface area contributed by atoms with Crippen LogP contribution in [0.1, 0.15) is 32.3 Å². The SMILES string of the molecule is CC1CCc2cc(F)ccc2N1C(=O)C1(C)CC1(Br)Br. The van der Waals surface area contributed by atoms with Crippen molar-refractivity contribution in [3.8, 4) is 0 Å². The number of amides is 1. The summed E-state index contributed by atoms with van der Waals surface area (Å²) in [5.41, 5.74) is 1.35. The van der Waals surface area contributed by atoms with Crippen LogP contribution >= 0.6 is 31.9 Å². The summed E-state index contributed by atoms with van der Waals surface area (Å²) in [5.74, 6) is -0.134. The van der Waals surface area contributed by atoms with Crippen molar-refractivity contribution in [3.05, 3.63) is 29.6 Å². The van der Waals surface area contributed by atoms with Gasteiger partial charge in [0.15, 0.2) is 0 Å².